The highest BCUT2D eigenvalue weighted by atomic mass is 35.5. The molecule has 1 aliphatic rings. The minimum atomic E-state index is -1.03. The molecule has 1 fully saturated rings. The van der Waals surface area contributed by atoms with E-state index >= 15 is 0 Å². The van der Waals surface area contributed by atoms with Crippen LogP contribution in [0.25, 0.3) is 0 Å². The van der Waals surface area contributed by atoms with Crippen LogP contribution in [0.5, 0.6) is 0 Å². The zero-order chi connectivity index (χ0) is 17.2. The van der Waals surface area contributed by atoms with Gasteiger partial charge < -0.3 is 10.6 Å². The fourth-order valence-electron chi connectivity index (χ4n) is 2.37. The zero-order valence-corrected chi connectivity index (χ0v) is 14.2. The van der Waals surface area contributed by atoms with Gasteiger partial charge in [0.15, 0.2) is 0 Å². The second-order valence-electron chi connectivity index (χ2n) is 5.70. The molecule has 0 aliphatic heterocycles. The number of nitrogens with one attached hydrogen (secondary N) is 2. The maximum Gasteiger partial charge on any atom is 0.240 e. The van der Waals surface area contributed by atoms with Gasteiger partial charge in [-0.3, -0.25) is 14.6 Å². The van der Waals surface area contributed by atoms with E-state index in [2.05, 4.69) is 15.6 Å². The molecule has 0 radical (unpaired) electrons. The maximum absolute atomic E-state index is 12.5. The highest BCUT2D eigenvalue weighted by molar-refractivity contribution is 6.36. The van der Waals surface area contributed by atoms with Crippen molar-refractivity contribution in [1.29, 1.82) is 0 Å². The van der Waals surface area contributed by atoms with Crippen LogP contribution in [-0.4, -0.2) is 16.8 Å². The summed E-state index contributed by atoms with van der Waals surface area (Å²) < 4.78 is 0. The molecule has 0 bridgehead atoms. The van der Waals surface area contributed by atoms with Crippen molar-refractivity contribution in [3.63, 3.8) is 0 Å². The quantitative estimate of drug-likeness (QED) is 0.799. The van der Waals surface area contributed by atoms with Gasteiger partial charge in [-0.05, 0) is 42.7 Å². The molecule has 0 unspecified atom stereocenters. The standard InChI is InChI=1S/C17H15Cl2N3O2/c18-12-3-4-13(19)14(8-12)22-16(24)17(5-6-17)15(23)21-10-11-2-1-7-20-9-11/h1-4,7-9H,5-6,10H2,(H,21,23)(H,22,24). The molecule has 0 saturated heterocycles. The number of carbonyl (C=O) groups excluding carboxylic acids is 2. The van der Waals surface area contributed by atoms with Gasteiger partial charge >= 0.3 is 0 Å². The molecule has 1 aromatic carbocycles. The Morgan fingerprint density at radius 3 is 2.62 bits per heavy atom. The monoisotopic (exact) mass is 363 g/mol. The number of carbonyl (C=O) groups is 2. The Morgan fingerprint density at radius 2 is 1.96 bits per heavy atom. The minimum Gasteiger partial charge on any atom is -0.351 e. The third-order valence-electron chi connectivity index (χ3n) is 3.97. The minimum absolute atomic E-state index is 0.290. The van der Waals surface area contributed by atoms with E-state index in [1.165, 1.54) is 0 Å². The fourth-order valence-corrected chi connectivity index (χ4v) is 2.71. The Balaban J connectivity index is 1.65. The van der Waals surface area contributed by atoms with Crippen molar-refractivity contribution < 1.29 is 9.59 Å². The van der Waals surface area contributed by atoms with Gasteiger partial charge in [-0.15, -0.1) is 0 Å². The van der Waals surface area contributed by atoms with E-state index in [0.29, 0.717) is 35.1 Å². The molecule has 1 aromatic heterocycles. The van der Waals surface area contributed by atoms with Gasteiger partial charge in [0, 0.05) is 24.0 Å². The Morgan fingerprint density at radius 1 is 1.17 bits per heavy atom. The van der Waals surface area contributed by atoms with E-state index in [-0.39, 0.29) is 11.8 Å². The predicted octanol–water partition coefficient (Wildman–Crippen LogP) is 3.42. The number of nitrogens with zero attached hydrogens (tertiary/aromatic N) is 1. The molecule has 2 amide bonds. The van der Waals surface area contributed by atoms with Crippen LogP contribution < -0.4 is 10.6 Å². The lowest BCUT2D eigenvalue weighted by atomic mass is 10.0. The van der Waals surface area contributed by atoms with E-state index in [1.807, 2.05) is 6.07 Å². The normalized spacial score (nSPS) is 14.8. The molecule has 3 rings (SSSR count). The van der Waals surface area contributed by atoms with Crippen molar-refractivity contribution in [1.82, 2.24) is 10.3 Å². The van der Waals surface area contributed by atoms with E-state index in [9.17, 15) is 9.59 Å². The van der Waals surface area contributed by atoms with Crippen molar-refractivity contribution in [2.75, 3.05) is 5.32 Å². The topological polar surface area (TPSA) is 71.1 Å². The summed E-state index contributed by atoms with van der Waals surface area (Å²) in [6, 6.07) is 8.45. The summed E-state index contributed by atoms with van der Waals surface area (Å²) in [6.45, 7) is 0.333. The van der Waals surface area contributed by atoms with Crippen LogP contribution in [-0.2, 0) is 16.1 Å². The predicted molar refractivity (Wildman–Crippen MR) is 92.8 cm³/mol. The second-order valence-corrected chi connectivity index (χ2v) is 6.55. The summed E-state index contributed by atoms with van der Waals surface area (Å²) in [5.41, 5.74) is 0.244. The van der Waals surface area contributed by atoms with Gasteiger partial charge in [-0.2, -0.15) is 0 Å². The number of amides is 2. The van der Waals surface area contributed by atoms with Crippen LogP contribution in [0.3, 0.4) is 0 Å². The summed E-state index contributed by atoms with van der Waals surface area (Å²) in [7, 11) is 0. The van der Waals surface area contributed by atoms with E-state index < -0.39 is 5.41 Å². The molecule has 7 heteroatoms. The molecule has 24 heavy (non-hydrogen) atoms. The van der Waals surface area contributed by atoms with Gasteiger partial charge in [0.25, 0.3) is 0 Å². The fraction of sp³-hybridized carbons (Fsp3) is 0.235. The SMILES string of the molecule is O=C(NCc1cccnc1)C1(C(=O)Nc2cc(Cl)ccc2Cl)CC1. The Labute approximate surface area is 149 Å². The van der Waals surface area contributed by atoms with Crippen molar-refractivity contribution in [3.05, 3.63) is 58.3 Å². The molecule has 2 N–H and O–H groups in total. The number of anilines is 1. The summed E-state index contributed by atoms with van der Waals surface area (Å²) in [6.07, 6.45) is 4.35. The lowest BCUT2D eigenvalue weighted by Gasteiger charge is -2.16. The van der Waals surface area contributed by atoms with Crippen LogP contribution >= 0.6 is 23.2 Å². The number of pyridine rings is 1. The lowest BCUT2D eigenvalue weighted by Crippen LogP contribution is -2.39. The van der Waals surface area contributed by atoms with Crippen molar-refractivity contribution in [2.45, 2.75) is 19.4 Å². The lowest BCUT2D eigenvalue weighted by molar-refractivity contribution is -0.134. The maximum atomic E-state index is 12.5. The van der Waals surface area contributed by atoms with E-state index in [4.69, 9.17) is 23.2 Å². The van der Waals surface area contributed by atoms with Crippen LogP contribution in [0.15, 0.2) is 42.7 Å². The Hall–Kier alpha value is -2.11. The molecular formula is C17H15Cl2N3O2. The molecule has 1 saturated carbocycles. The smallest absolute Gasteiger partial charge is 0.240 e. The number of halogens is 2. The van der Waals surface area contributed by atoms with Gasteiger partial charge in [-0.1, -0.05) is 29.3 Å². The van der Waals surface area contributed by atoms with Crippen LogP contribution in [0.4, 0.5) is 5.69 Å². The van der Waals surface area contributed by atoms with Crippen molar-refractivity contribution in [3.8, 4) is 0 Å². The van der Waals surface area contributed by atoms with Crippen LogP contribution in [0, 0.1) is 5.41 Å². The average Bonchev–Trinajstić information content (AvgIpc) is 3.39. The molecule has 2 aromatic rings. The highest BCUT2D eigenvalue weighted by Crippen LogP contribution is 2.47. The first-order chi connectivity index (χ1) is 11.5. The van der Waals surface area contributed by atoms with Crippen LogP contribution in [0.2, 0.25) is 10.0 Å². The molecular weight excluding hydrogens is 349 g/mol. The molecule has 0 spiro atoms. The zero-order valence-electron chi connectivity index (χ0n) is 12.7. The third-order valence-corrected chi connectivity index (χ3v) is 4.54. The van der Waals surface area contributed by atoms with E-state index in [1.54, 1.807) is 36.7 Å². The number of rotatable bonds is 5. The van der Waals surface area contributed by atoms with Gasteiger partial charge in [0.1, 0.15) is 5.41 Å². The first kappa shape index (κ1) is 16.7. The first-order valence-corrected chi connectivity index (χ1v) is 8.20. The summed E-state index contributed by atoms with van der Waals surface area (Å²) in [4.78, 5) is 29.0. The molecule has 0 atom stereocenters. The van der Waals surface area contributed by atoms with E-state index in [0.717, 1.165) is 5.56 Å². The average molecular weight is 364 g/mol. The molecule has 124 valence electrons. The Kier molecular flexibility index (Phi) is 4.73. The van der Waals surface area contributed by atoms with Gasteiger partial charge in [0.2, 0.25) is 11.8 Å². The summed E-state index contributed by atoms with van der Waals surface area (Å²) in [5.74, 6) is -0.655. The molecule has 1 aliphatic carbocycles. The number of aromatic nitrogens is 1. The molecule has 1 heterocycles. The number of hydrogen-bond acceptors (Lipinski definition) is 3. The number of benzene rings is 1. The van der Waals surface area contributed by atoms with Gasteiger partial charge in [-0.25, -0.2) is 0 Å². The Bertz CT molecular complexity index is 777. The highest BCUT2D eigenvalue weighted by Gasteiger charge is 2.56. The van der Waals surface area contributed by atoms with Gasteiger partial charge in [0.05, 0.1) is 10.7 Å². The third kappa shape index (κ3) is 3.52. The molecule has 5 nitrogen and oxygen atoms in total. The number of hydrogen-bond donors (Lipinski definition) is 2. The summed E-state index contributed by atoms with van der Waals surface area (Å²) >= 11 is 12.0. The largest absolute Gasteiger partial charge is 0.351 e. The first-order valence-electron chi connectivity index (χ1n) is 7.45. The van der Waals surface area contributed by atoms with Crippen molar-refractivity contribution in [2.24, 2.45) is 5.41 Å². The summed E-state index contributed by atoms with van der Waals surface area (Å²) in [5, 5.41) is 6.33. The van der Waals surface area contributed by atoms with Crippen molar-refractivity contribution >= 4 is 40.7 Å². The second kappa shape index (κ2) is 6.79. The van der Waals surface area contributed by atoms with Crippen LogP contribution in [0.1, 0.15) is 18.4 Å².